The van der Waals surface area contributed by atoms with Crippen LogP contribution in [0.3, 0.4) is 0 Å². The van der Waals surface area contributed by atoms with Crippen molar-refractivity contribution in [1.29, 1.82) is 0 Å². The number of aryl methyl sites for hydroxylation is 1. The van der Waals surface area contributed by atoms with Gasteiger partial charge in [-0.3, -0.25) is 0 Å². The van der Waals surface area contributed by atoms with Crippen molar-refractivity contribution in [3.8, 4) is 33.6 Å². The number of nitrogens with one attached hydrogen (secondary N) is 1. The summed E-state index contributed by atoms with van der Waals surface area (Å²) in [5.41, 5.74) is 8.59. The van der Waals surface area contributed by atoms with Crippen molar-refractivity contribution in [2.24, 2.45) is 0 Å². The third-order valence-corrected chi connectivity index (χ3v) is 8.87. The van der Waals surface area contributed by atoms with Crippen LogP contribution in [-0.2, 0) is 9.84 Å². The Balaban J connectivity index is 1.44. The molecule has 0 spiro atoms. The van der Waals surface area contributed by atoms with Gasteiger partial charge in [0.25, 0.3) is 11.8 Å². The molecule has 0 radical (unpaired) electrons. The van der Waals surface area contributed by atoms with E-state index in [2.05, 4.69) is 25.5 Å². The van der Waals surface area contributed by atoms with Gasteiger partial charge in [0.2, 0.25) is 0 Å². The molecule has 1 fully saturated rings. The zero-order chi connectivity index (χ0) is 23.0. The average molecular weight is 483 g/mol. The van der Waals surface area contributed by atoms with Crippen LogP contribution in [0.5, 0.6) is 0 Å². The summed E-state index contributed by atoms with van der Waals surface area (Å²) in [5.74, 6) is 0.741. The lowest BCUT2D eigenvalue weighted by Gasteiger charge is -2.22. The molecule has 3 aromatic heterocycles. The number of nitrogen functional groups attached to an aromatic ring is 1. The maximum atomic E-state index is 12.9. The first-order valence-electron chi connectivity index (χ1n) is 10.5. The molecule has 1 atom stereocenters. The number of anilines is 1. The highest BCUT2D eigenvalue weighted by Crippen LogP contribution is 2.32. The lowest BCUT2D eigenvalue weighted by atomic mass is 10.1. The molecule has 1 aliphatic rings. The van der Waals surface area contributed by atoms with Crippen LogP contribution in [0.2, 0.25) is 0 Å². The van der Waals surface area contributed by atoms with Gasteiger partial charge in [-0.25, -0.2) is 18.4 Å². The van der Waals surface area contributed by atoms with E-state index in [1.165, 1.54) is 17.5 Å². The first kappa shape index (κ1) is 21.7. The highest BCUT2D eigenvalue weighted by molar-refractivity contribution is 7.92. The number of rotatable bonds is 5. The predicted molar refractivity (Wildman–Crippen MR) is 126 cm³/mol. The van der Waals surface area contributed by atoms with E-state index in [9.17, 15) is 8.42 Å². The molecule has 1 aromatic carbocycles. The van der Waals surface area contributed by atoms with Gasteiger partial charge >= 0.3 is 0 Å². The van der Waals surface area contributed by atoms with E-state index < -0.39 is 15.1 Å². The summed E-state index contributed by atoms with van der Waals surface area (Å²) in [6.07, 6.45) is 3.06. The number of aromatic nitrogens is 4. The van der Waals surface area contributed by atoms with E-state index in [-0.39, 0.29) is 17.4 Å². The third-order valence-electron chi connectivity index (χ3n) is 5.65. The van der Waals surface area contributed by atoms with E-state index in [1.54, 1.807) is 24.3 Å². The predicted octanol–water partition coefficient (Wildman–Crippen LogP) is 3.34. The van der Waals surface area contributed by atoms with Crippen molar-refractivity contribution in [3.63, 3.8) is 0 Å². The van der Waals surface area contributed by atoms with Crippen LogP contribution >= 0.6 is 11.3 Å². The standard InChI is InChI=1S/C22H22N6O3S2/c1-13-8-10-32-19(13)22-28-27-21(31-22)18-20(23)25-12-17(26-18)14-4-6-15(7-5-14)33(29,30)16-3-2-9-24-11-16/h4-8,10,12,16,24H,2-3,9,11H2,1H3,(H2,23,25)/t16-/m0/s1. The van der Waals surface area contributed by atoms with E-state index in [1.807, 2.05) is 18.4 Å². The topological polar surface area (TPSA) is 137 Å². The van der Waals surface area contributed by atoms with Crippen LogP contribution in [0.15, 0.2) is 51.2 Å². The summed E-state index contributed by atoms with van der Waals surface area (Å²) in [4.78, 5) is 9.99. The molecule has 0 aliphatic carbocycles. The number of sulfone groups is 1. The van der Waals surface area contributed by atoms with Gasteiger partial charge in [-0.05, 0) is 55.5 Å². The summed E-state index contributed by atoms with van der Waals surface area (Å²) in [7, 11) is -3.39. The van der Waals surface area contributed by atoms with Crippen molar-refractivity contribution in [3.05, 3.63) is 47.5 Å². The van der Waals surface area contributed by atoms with Gasteiger partial charge < -0.3 is 15.5 Å². The molecule has 11 heteroatoms. The molecule has 3 N–H and O–H groups in total. The van der Waals surface area contributed by atoms with Crippen molar-refractivity contribution in [2.75, 3.05) is 18.8 Å². The molecule has 0 saturated carbocycles. The Labute approximate surface area is 195 Å². The molecular weight excluding hydrogens is 460 g/mol. The van der Waals surface area contributed by atoms with Gasteiger partial charge in [-0.2, -0.15) is 0 Å². The SMILES string of the molecule is Cc1ccsc1-c1nnc(-c2nc(-c3ccc(S(=O)(=O)[C@H]4CCCNC4)cc3)cnc2N)o1. The Bertz CT molecular complexity index is 1390. The molecule has 4 aromatic rings. The van der Waals surface area contributed by atoms with E-state index in [0.717, 1.165) is 23.4 Å². The van der Waals surface area contributed by atoms with Crippen LogP contribution in [-0.4, -0.2) is 46.9 Å². The summed E-state index contributed by atoms with van der Waals surface area (Å²) in [5, 5.41) is 12.9. The summed E-state index contributed by atoms with van der Waals surface area (Å²) in [6, 6.07) is 8.65. The second-order valence-electron chi connectivity index (χ2n) is 7.87. The van der Waals surface area contributed by atoms with Gasteiger partial charge in [0.1, 0.15) is 0 Å². The minimum absolute atomic E-state index is 0.167. The minimum Gasteiger partial charge on any atom is -0.414 e. The van der Waals surface area contributed by atoms with Crippen molar-refractivity contribution >= 4 is 27.0 Å². The highest BCUT2D eigenvalue weighted by atomic mass is 32.2. The van der Waals surface area contributed by atoms with Crippen molar-refractivity contribution in [2.45, 2.75) is 29.9 Å². The highest BCUT2D eigenvalue weighted by Gasteiger charge is 2.29. The maximum absolute atomic E-state index is 12.9. The molecule has 1 aliphatic heterocycles. The van der Waals surface area contributed by atoms with Gasteiger partial charge in [-0.1, -0.05) is 12.1 Å². The molecular formula is C22H22N6O3S2. The molecule has 33 heavy (non-hydrogen) atoms. The molecule has 0 unspecified atom stereocenters. The van der Waals surface area contributed by atoms with Crippen LogP contribution in [0.4, 0.5) is 5.82 Å². The second-order valence-corrected chi connectivity index (χ2v) is 11.0. The molecule has 9 nitrogen and oxygen atoms in total. The van der Waals surface area contributed by atoms with Crippen molar-refractivity contribution < 1.29 is 12.8 Å². The lowest BCUT2D eigenvalue weighted by Crippen LogP contribution is -2.38. The molecule has 5 rings (SSSR count). The first-order valence-corrected chi connectivity index (χ1v) is 12.9. The Hall–Kier alpha value is -3.15. The molecule has 0 bridgehead atoms. The van der Waals surface area contributed by atoms with Crippen LogP contribution in [0.1, 0.15) is 18.4 Å². The average Bonchev–Trinajstić information content (AvgIpc) is 3.49. The fraction of sp³-hybridized carbons (Fsp3) is 0.273. The fourth-order valence-corrected chi connectivity index (χ4v) is 6.35. The number of thiophene rings is 1. The summed E-state index contributed by atoms with van der Waals surface area (Å²) < 4.78 is 31.7. The fourth-order valence-electron chi connectivity index (χ4n) is 3.79. The number of benzene rings is 1. The van der Waals surface area contributed by atoms with Crippen LogP contribution in [0.25, 0.3) is 33.6 Å². The van der Waals surface area contributed by atoms with Gasteiger partial charge in [-0.15, -0.1) is 21.5 Å². The quantitative estimate of drug-likeness (QED) is 0.439. The molecule has 0 amide bonds. The van der Waals surface area contributed by atoms with Crippen molar-refractivity contribution in [1.82, 2.24) is 25.5 Å². The number of hydrogen-bond acceptors (Lipinski definition) is 10. The Morgan fingerprint density at radius 3 is 2.64 bits per heavy atom. The van der Waals surface area contributed by atoms with E-state index in [4.69, 9.17) is 10.2 Å². The zero-order valence-corrected chi connectivity index (χ0v) is 19.5. The number of nitrogens with two attached hydrogens (primary N) is 1. The molecule has 170 valence electrons. The summed E-state index contributed by atoms with van der Waals surface area (Å²) >= 11 is 1.51. The third kappa shape index (κ3) is 4.14. The van der Waals surface area contributed by atoms with E-state index in [0.29, 0.717) is 35.0 Å². The Morgan fingerprint density at radius 2 is 1.94 bits per heavy atom. The number of piperidine rings is 1. The Morgan fingerprint density at radius 1 is 1.15 bits per heavy atom. The smallest absolute Gasteiger partial charge is 0.270 e. The van der Waals surface area contributed by atoms with Gasteiger partial charge in [0, 0.05) is 12.1 Å². The molecule has 1 saturated heterocycles. The first-order chi connectivity index (χ1) is 15.9. The maximum Gasteiger partial charge on any atom is 0.270 e. The normalized spacial score (nSPS) is 16.7. The second kappa shape index (κ2) is 8.65. The summed E-state index contributed by atoms with van der Waals surface area (Å²) in [6.45, 7) is 3.31. The van der Waals surface area contributed by atoms with Gasteiger partial charge in [0.05, 0.1) is 26.9 Å². The van der Waals surface area contributed by atoms with Crippen LogP contribution in [0, 0.1) is 6.92 Å². The zero-order valence-electron chi connectivity index (χ0n) is 17.9. The van der Waals surface area contributed by atoms with Crippen LogP contribution < -0.4 is 11.1 Å². The monoisotopic (exact) mass is 482 g/mol. The number of hydrogen-bond donors (Lipinski definition) is 2. The lowest BCUT2D eigenvalue weighted by molar-refractivity contribution is 0.497. The van der Waals surface area contributed by atoms with Gasteiger partial charge in [0.15, 0.2) is 21.3 Å². The molecule has 4 heterocycles. The van der Waals surface area contributed by atoms with E-state index >= 15 is 0 Å². The largest absolute Gasteiger partial charge is 0.414 e. The number of nitrogens with zero attached hydrogens (tertiary/aromatic N) is 4. The Kier molecular flexibility index (Phi) is 5.69. The minimum atomic E-state index is -3.39.